The number of aliphatic carboxylic acids is 1. The van der Waals surface area contributed by atoms with E-state index in [1.807, 2.05) is 0 Å². The van der Waals surface area contributed by atoms with Gasteiger partial charge in [0.05, 0.1) is 12.6 Å². The zero-order valence-corrected chi connectivity index (χ0v) is 16.9. The first kappa shape index (κ1) is 25.4. The van der Waals surface area contributed by atoms with Crippen molar-refractivity contribution in [2.24, 2.45) is 5.73 Å². The topological polar surface area (TPSA) is 122 Å². The molecule has 27 heavy (non-hydrogen) atoms. The van der Waals surface area contributed by atoms with Gasteiger partial charge in [0.15, 0.2) is 0 Å². The predicted octanol–water partition coefficient (Wildman–Crippen LogP) is 2.72. The molecule has 1 unspecified atom stereocenters. The number of unbranched alkanes of at least 4 members (excludes halogenated alkanes) is 11. The molecule has 0 aromatic carbocycles. The fourth-order valence-corrected chi connectivity index (χ4v) is 2.99. The minimum absolute atomic E-state index is 0.112. The summed E-state index contributed by atoms with van der Waals surface area (Å²) in [4.78, 5) is 33.3. The van der Waals surface area contributed by atoms with Crippen LogP contribution in [-0.2, 0) is 14.4 Å². The number of carbonyl (C=O) groups excluding carboxylic acids is 2. The highest BCUT2D eigenvalue weighted by molar-refractivity contribution is 5.84. The highest BCUT2D eigenvalue weighted by Crippen LogP contribution is 2.13. The first-order valence-electron chi connectivity index (χ1n) is 10.5. The number of primary amides is 1. The lowest BCUT2D eigenvalue weighted by molar-refractivity contribution is -0.137. The number of hydrogen-bond acceptors (Lipinski definition) is 4. The van der Waals surface area contributed by atoms with E-state index in [2.05, 4.69) is 17.6 Å². The molecule has 7 heteroatoms. The monoisotopic (exact) mass is 385 g/mol. The van der Waals surface area contributed by atoms with Gasteiger partial charge in [-0.2, -0.15) is 0 Å². The molecule has 1 atom stereocenters. The SMILES string of the molecule is CCCCCCCCCCCCCCC(NCC(=O)NCC(=O)O)C(N)=O. The Bertz CT molecular complexity index is 416. The second-order valence-corrected chi connectivity index (χ2v) is 7.18. The Hall–Kier alpha value is -1.63. The molecule has 0 spiro atoms. The summed E-state index contributed by atoms with van der Waals surface area (Å²) in [5, 5.41) is 13.5. The molecule has 2 amide bonds. The minimum atomic E-state index is -1.11. The standard InChI is InChI=1S/C20H39N3O4/c1-2-3-4-5-6-7-8-9-10-11-12-13-14-17(20(21)27)22-15-18(24)23-16-19(25)26/h17,22H,2-16H2,1H3,(H2,21,27)(H,23,24)(H,25,26). The van der Waals surface area contributed by atoms with E-state index in [9.17, 15) is 14.4 Å². The Morgan fingerprint density at radius 1 is 0.815 bits per heavy atom. The van der Waals surface area contributed by atoms with E-state index < -0.39 is 30.4 Å². The van der Waals surface area contributed by atoms with Crippen LogP contribution in [0.5, 0.6) is 0 Å². The van der Waals surface area contributed by atoms with Crippen molar-refractivity contribution in [1.82, 2.24) is 10.6 Å². The van der Waals surface area contributed by atoms with Crippen molar-refractivity contribution in [3.8, 4) is 0 Å². The number of nitrogens with one attached hydrogen (secondary N) is 2. The zero-order valence-electron chi connectivity index (χ0n) is 16.9. The Labute approximate surface area is 163 Å². The molecular formula is C20H39N3O4. The summed E-state index contributed by atoms with van der Waals surface area (Å²) in [5.74, 6) is -2.05. The Balaban J connectivity index is 3.61. The van der Waals surface area contributed by atoms with Gasteiger partial charge in [0, 0.05) is 0 Å². The fourth-order valence-electron chi connectivity index (χ4n) is 2.99. The molecule has 0 bridgehead atoms. The van der Waals surface area contributed by atoms with Gasteiger partial charge >= 0.3 is 5.97 Å². The second-order valence-electron chi connectivity index (χ2n) is 7.18. The van der Waals surface area contributed by atoms with Crippen LogP contribution in [0, 0.1) is 0 Å². The van der Waals surface area contributed by atoms with Gasteiger partial charge in [0.1, 0.15) is 6.54 Å². The van der Waals surface area contributed by atoms with Gasteiger partial charge in [-0.15, -0.1) is 0 Å². The van der Waals surface area contributed by atoms with Crippen LogP contribution in [0.3, 0.4) is 0 Å². The molecule has 0 radical (unpaired) electrons. The lowest BCUT2D eigenvalue weighted by Gasteiger charge is -2.15. The molecule has 158 valence electrons. The van der Waals surface area contributed by atoms with Crippen LogP contribution >= 0.6 is 0 Å². The Morgan fingerprint density at radius 3 is 1.74 bits per heavy atom. The lowest BCUT2D eigenvalue weighted by atomic mass is 10.0. The minimum Gasteiger partial charge on any atom is -0.480 e. The van der Waals surface area contributed by atoms with Crippen LogP contribution in [0.15, 0.2) is 0 Å². The summed E-state index contributed by atoms with van der Waals surface area (Å²) >= 11 is 0. The van der Waals surface area contributed by atoms with E-state index in [0.29, 0.717) is 6.42 Å². The van der Waals surface area contributed by atoms with Crippen molar-refractivity contribution in [2.45, 2.75) is 96.4 Å². The van der Waals surface area contributed by atoms with Crippen LogP contribution in [0.2, 0.25) is 0 Å². The van der Waals surface area contributed by atoms with E-state index in [1.165, 1.54) is 57.8 Å². The molecule has 7 nitrogen and oxygen atoms in total. The largest absolute Gasteiger partial charge is 0.480 e. The quantitative estimate of drug-likeness (QED) is 0.255. The van der Waals surface area contributed by atoms with E-state index in [4.69, 9.17) is 10.8 Å². The van der Waals surface area contributed by atoms with Crippen molar-refractivity contribution in [3.63, 3.8) is 0 Å². The molecule has 0 heterocycles. The maximum absolute atomic E-state index is 11.5. The number of nitrogens with two attached hydrogens (primary N) is 1. The third-order valence-electron chi connectivity index (χ3n) is 4.64. The van der Waals surface area contributed by atoms with Crippen molar-refractivity contribution in [3.05, 3.63) is 0 Å². The maximum Gasteiger partial charge on any atom is 0.322 e. The normalized spacial score (nSPS) is 11.9. The summed E-state index contributed by atoms with van der Waals surface area (Å²) in [6.07, 6.45) is 15.6. The van der Waals surface area contributed by atoms with Crippen LogP contribution < -0.4 is 16.4 Å². The summed E-state index contributed by atoms with van der Waals surface area (Å²) in [6, 6.07) is -0.552. The van der Waals surface area contributed by atoms with E-state index >= 15 is 0 Å². The Kier molecular flexibility index (Phi) is 16.7. The molecule has 0 aliphatic carbocycles. The molecule has 0 aromatic rings. The van der Waals surface area contributed by atoms with Crippen LogP contribution in [0.4, 0.5) is 0 Å². The maximum atomic E-state index is 11.5. The predicted molar refractivity (Wildman–Crippen MR) is 107 cm³/mol. The fraction of sp³-hybridized carbons (Fsp3) is 0.850. The first-order valence-corrected chi connectivity index (χ1v) is 10.5. The summed E-state index contributed by atoms with van der Waals surface area (Å²) < 4.78 is 0. The second kappa shape index (κ2) is 17.8. The molecule has 5 N–H and O–H groups in total. The third-order valence-corrected chi connectivity index (χ3v) is 4.64. The Morgan fingerprint density at radius 2 is 1.30 bits per heavy atom. The number of carbonyl (C=O) groups is 3. The summed E-state index contributed by atoms with van der Waals surface area (Å²) in [6.45, 7) is 1.69. The lowest BCUT2D eigenvalue weighted by Crippen LogP contribution is -2.46. The van der Waals surface area contributed by atoms with Gasteiger partial charge in [0.25, 0.3) is 0 Å². The summed E-state index contributed by atoms with van der Waals surface area (Å²) in [5.41, 5.74) is 5.36. The number of amides is 2. The van der Waals surface area contributed by atoms with Gasteiger partial charge < -0.3 is 16.2 Å². The van der Waals surface area contributed by atoms with Gasteiger partial charge in [-0.3, -0.25) is 19.7 Å². The molecule has 0 saturated carbocycles. The molecule has 0 fully saturated rings. The van der Waals surface area contributed by atoms with Gasteiger partial charge in [0.2, 0.25) is 11.8 Å². The van der Waals surface area contributed by atoms with Crippen molar-refractivity contribution >= 4 is 17.8 Å². The van der Waals surface area contributed by atoms with Gasteiger partial charge in [-0.1, -0.05) is 84.0 Å². The molecular weight excluding hydrogens is 346 g/mol. The molecule has 0 aromatic heterocycles. The average molecular weight is 386 g/mol. The van der Waals surface area contributed by atoms with Gasteiger partial charge in [-0.05, 0) is 6.42 Å². The number of carboxylic acid groups (broad SMARTS) is 1. The third kappa shape index (κ3) is 17.5. The van der Waals surface area contributed by atoms with Crippen molar-refractivity contribution in [2.75, 3.05) is 13.1 Å². The number of hydrogen-bond donors (Lipinski definition) is 4. The van der Waals surface area contributed by atoms with Crippen LogP contribution in [0.1, 0.15) is 90.4 Å². The molecule has 0 saturated heterocycles. The molecule has 0 rings (SSSR count). The van der Waals surface area contributed by atoms with E-state index in [0.717, 1.165) is 19.3 Å². The number of rotatable bonds is 19. The number of carboxylic acids is 1. The summed E-state index contributed by atoms with van der Waals surface area (Å²) in [7, 11) is 0. The molecule has 0 aliphatic heterocycles. The zero-order chi connectivity index (χ0) is 20.3. The average Bonchev–Trinajstić information content (AvgIpc) is 2.62. The highest BCUT2D eigenvalue weighted by atomic mass is 16.4. The van der Waals surface area contributed by atoms with E-state index in [1.54, 1.807) is 0 Å². The van der Waals surface area contributed by atoms with Crippen molar-refractivity contribution in [1.29, 1.82) is 0 Å². The smallest absolute Gasteiger partial charge is 0.322 e. The van der Waals surface area contributed by atoms with Crippen LogP contribution in [-0.4, -0.2) is 42.0 Å². The van der Waals surface area contributed by atoms with Gasteiger partial charge in [-0.25, -0.2) is 0 Å². The molecule has 0 aliphatic rings. The van der Waals surface area contributed by atoms with E-state index in [-0.39, 0.29) is 6.54 Å². The van der Waals surface area contributed by atoms with Crippen molar-refractivity contribution < 1.29 is 19.5 Å². The highest BCUT2D eigenvalue weighted by Gasteiger charge is 2.15. The first-order chi connectivity index (χ1) is 13.0. The van der Waals surface area contributed by atoms with Crippen LogP contribution in [0.25, 0.3) is 0 Å².